The van der Waals surface area contributed by atoms with Crippen LogP contribution in [0.3, 0.4) is 0 Å². The Kier molecular flexibility index (Phi) is 5.90. The minimum atomic E-state index is -3.73. The number of aromatic nitrogens is 1. The number of nitrogens with one attached hydrogen (secondary N) is 3. The minimum absolute atomic E-state index is 0.0634. The molecule has 28 heavy (non-hydrogen) atoms. The number of carbonyl (C=O) groups excluding carboxylic acids is 1. The van der Waals surface area contributed by atoms with Gasteiger partial charge < -0.3 is 5.32 Å². The molecule has 0 aliphatic heterocycles. The molecular formula is C18H21ClN4O4S. The van der Waals surface area contributed by atoms with Gasteiger partial charge >= 0.3 is 0 Å². The number of rotatable bonds is 8. The van der Waals surface area contributed by atoms with E-state index in [2.05, 4.69) is 20.5 Å². The zero-order chi connectivity index (χ0) is 20.4. The van der Waals surface area contributed by atoms with Crippen molar-refractivity contribution in [3.63, 3.8) is 0 Å². The maximum absolute atomic E-state index is 12.4. The molecule has 10 heteroatoms. The SMILES string of the molecule is CNS(=O)(=O)c1cc(C2CC2)ccc1NC(C)(Cl)ONC(=O)c1cccnc1. The van der Waals surface area contributed by atoms with E-state index in [0.29, 0.717) is 11.5 Å². The third-order valence-electron chi connectivity index (χ3n) is 4.23. The number of alkyl halides is 1. The average Bonchev–Trinajstić information content (AvgIpc) is 3.52. The number of hydroxylamine groups is 1. The molecule has 0 spiro atoms. The molecule has 1 aromatic heterocycles. The topological polar surface area (TPSA) is 109 Å². The molecule has 1 atom stereocenters. The summed E-state index contributed by atoms with van der Waals surface area (Å²) in [6.45, 7) is 1.45. The van der Waals surface area contributed by atoms with Crippen molar-refractivity contribution in [2.75, 3.05) is 12.4 Å². The third kappa shape index (κ3) is 4.99. The molecule has 1 aliphatic carbocycles. The Morgan fingerprint density at radius 1 is 1.32 bits per heavy atom. The van der Waals surface area contributed by atoms with E-state index >= 15 is 0 Å². The Hall–Kier alpha value is -2.20. The van der Waals surface area contributed by atoms with Crippen molar-refractivity contribution in [3.8, 4) is 0 Å². The number of hydrogen-bond acceptors (Lipinski definition) is 6. The van der Waals surface area contributed by atoms with Crippen LogP contribution in [0.5, 0.6) is 0 Å². The van der Waals surface area contributed by atoms with E-state index < -0.39 is 21.1 Å². The van der Waals surface area contributed by atoms with Gasteiger partial charge in [-0.05, 0) is 55.6 Å². The molecule has 0 radical (unpaired) electrons. The van der Waals surface area contributed by atoms with Crippen molar-refractivity contribution in [3.05, 3.63) is 53.9 Å². The Bertz CT molecular complexity index is 963. The maximum Gasteiger partial charge on any atom is 0.276 e. The lowest BCUT2D eigenvalue weighted by Gasteiger charge is -2.26. The van der Waals surface area contributed by atoms with Crippen molar-refractivity contribution in [2.24, 2.45) is 0 Å². The zero-order valence-electron chi connectivity index (χ0n) is 15.4. The van der Waals surface area contributed by atoms with Gasteiger partial charge in [-0.15, -0.1) is 0 Å². The number of pyridine rings is 1. The second-order valence-electron chi connectivity index (χ2n) is 6.55. The third-order valence-corrected chi connectivity index (χ3v) is 5.86. The van der Waals surface area contributed by atoms with Crippen LogP contribution in [0, 0.1) is 0 Å². The number of carbonyl (C=O) groups is 1. The summed E-state index contributed by atoms with van der Waals surface area (Å²) in [5.41, 5.74) is 3.74. The lowest BCUT2D eigenvalue weighted by Crippen LogP contribution is -2.40. The van der Waals surface area contributed by atoms with Crippen LogP contribution in [0.4, 0.5) is 5.69 Å². The maximum atomic E-state index is 12.4. The van der Waals surface area contributed by atoms with E-state index in [1.807, 2.05) is 6.07 Å². The molecule has 1 fully saturated rings. The fourth-order valence-corrected chi connectivity index (χ4v) is 3.67. The Labute approximate surface area is 168 Å². The average molecular weight is 425 g/mol. The van der Waals surface area contributed by atoms with E-state index in [1.54, 1.807) is 30.5 Å². The van der Waals surface area contributed by atoms with Gasteiger partial charge in [-0.25, -0.2) is 23.5 Å². The fraction of sp³-hybridized carbons (Fsp3) is 0.333. The van der Waals surface area contributed by atoms with Crippen LogP contribution in [-0.2, 0) is 14.9 Å². The largest absolute Gasteiger partial charge is 0.342 e. The van der Waals surface area contributed by atoms with Crippen LogP contribution in [0.2, 0.25) is 0 Å². The second-order valence-corrected chi connectivity index (χ2v) is 9.13. The number of amides is 1. The minimum Gasteiger partial charge on any atom is -0.342 e. The molecular weight excluding hydrogens is 404 g/mol. The molecule has 1 aliphatic rings. The van der Waals surface area contributed by atoms with Gasteiger partial charge in [-0.1, -0.05) is 17.7 Å². The molecule has 1 unspecified atom stereocenters. The van der Waals surface area contributed by atoms with E-state index in [-0.39, 0.29) is 10.6 Å². The van der Waals surface area contributed by atoms with Crippen LogP contribution in [0.25, 0.3) is 0 Å². The number of halogens is 1. The molecule has 2 aromatic rings. The first kappa shape index (κ1) is 20.5. The molecule has 3 N–H and O–H groups in total. The van der Waals surface area contributed by atoms with Crippen LogP contribution in [0.1, 0.15) is 41.6 Å². The number of benzene rings is 1. The Morgan fingerprint density at radius 2 is 2.07 bits per heavy atom. The van der Waals surface area contributed by atoms with Crippen LogP contribution >= 0.6 is 11.6 Å². The summed E-state index contributed by atoms with van der Waals surface area (Å²) >= 11 is 6.30. The first-order valence-electron chi connectivity index (χ1n) is 8.65. The second kappa shape index (κ2) is 8.04. The van der Waals surface area contributed by atoms with E-state index in [0.717, 1.165) is 18.4 Å². The van der Waals surface area contributed by atoms with Gasteiger partial charge in [0, 0.05) is 19.3 Å². The standard InChI is InChI=1S/C18H21ClN4O4S/c1-18(19,27-23-17(24)14-4-3-9-21-11-14)22-15-8-7-13(12-5-6-12)10-16(15)28(25,26)20-2/h3-4,7-12,20,22H,5-6H2,1-2H3,(H,23,24). The number of nitrogens with zero attached hydrogens (tertiary/aromatic N) is 1. The van der Waals surface area contributed by atoms with Crippen LogP contribution in [-0.4, -0.2) is 31.5 Å². The van der Waals surface area contributed by atoms with Gasteiger partial charge in [0.2, 0.25) is 15.2 Å². The lowest BCUT2D eigenvalue weighted by molar-refractivity contribution is -0.0176. The summed E-state index contributed by atoms with van der Waals surface area (Å²) in [6.07, 6.45) is 5.01. The van der Waals surface area contributed by atoms with E-state index in [1.165, 1.54) is 20.2 Å². The summed E-state index contributed by atoms with van der Waals surface area (Å²) in [6, 6.07) is 8.32. The van der Waals surface area contributed by atoms with Gasteiger partial charge in [-0.2, -0.15) is 0 Å². The van der Waals surface area contributed by atoms with Crippen LogP contribution in [0.15, 0.2) is 47.6 Å². The van der Waals surface area contributed by atoms with Crippen molar-refractivity contribution >= 4 is 33.2 Å². The predicted octanol–water partition coefficient (Wildman–Crippen LogP) is 2.55. The summed E-state index contributed by atoms with van der Waals surface area (Å²) in [4.78, 5) is 21.2. The van der Waals surface area contributed by atoms with Gasteiger partial charge in [0.1, 0.15) is 4.90 Å². The van der Waals surface area contributed by atoms with Gasteiger partial charge in [0.25, 0.3) is 5.91 Å². The zero-order valence-corrected chi connectivity index (χ0v) is 17.0. The highest BCUT2D eigenvalue weighted by atomic mass is 35.5. The summed E-state index contributed by atoms with van der Waals surface area (Å²) in [7, 11) is -2.39. The van der Waals surface area contributed by atoms with Crippen molar-refractivity contribution in [2.45, 2.75) is 35.8 Å². The first-order valence-corrected chi connectivity index (χ1v) is 10.5. The van der Waals surface area contributed by atoms with Gasteiger partial charge in [0.05, 0.1) is 11.3 Å². The van der Waals surface area contributed by atoms with Crippen molar-refractivity contribution < 1.29 is 18.0 Å². The molecule has 1 heterocycles. The quantitative estimate of drug-likeness (QED) is 0.260. The smallest absolute Gasteiger partial charge is 0.276 e. The summed E-state index contributed by atoms with van der Waals surface area (Å²) < 4.78 is 27.2. The molecule has 8 nitrogen and oxygen atoms in total. The van der Waals surface area contributed by atoms with Gasteiger partial charge in [-0.3, -0.25) is 9.78 Å². The molecule has 0 bridgehead atoms. The Morgan fingerprint density at radius 3 is 2.68 bits per heavy atom. The normalized spacial score (nSPS) is 16.2. The molecule has 1 aromatic carbocycles. The fourth-order valence-electron chi connectivity index (χ4n) is 2.61. The number of hydrogen-bond donors (Lipinski definition) is 3. The highest BCUT2D eigenvalue weighted by Crippen LogP contribution is 2.42. The number of anilines is 1. The summed E-state index contributed by atoms with van der Waals surface area (Å²) in [5.74, 6) is -0.147. The van der Waals surface area contributed by atoms with Crippen molar-refractivity contribution in [1.29, 1.82) is 0 Å². The van der Waals surface area contributed by atoms with Crippen LogP contribution < -0.4 is 15.5 Å². The highest BCUT2D eigenvalue weighted by molar-refractivity contribution is 7.89. The molecule has 0 saturated heterocycles. The Balaban J connectivity index is 1.76. The van der Waals surface area contributed by atoms with Gasteiger partial charge in [0.15, 0.2) is 0 Å². The molecule has 1 saturated carbocycles. The summed E-state index contributed by atoms with van der Waals surface area (Å²) in [5, 5.41) is 1.21. The predicted molar refractivity (Wildman–Crippen MR) is 105 cm³/mol. The van der Waals surface area contributed by atoms with E-state index in [9.17, 15) is 13.2 Å². The number of sulfonamides is 1. The van der Waals surface area contributed by atoms with E-state index in [4.69, 9.17) is 16.4 Å². The molecule has 1 amide bonds. The lowest BCUT2D eigenvalue weighted by atomic mass is 10.1. The monoisotopic (exact) mass is 424 g/mol. The molecule has 3 rings (SSSR count). The van der Waals surface area contributed by atoms with Crippen molar-refractivity contribution in [1.82, 2.24) is 15.2 Å². The first-order chi connectivity index (χ1) is 13.2. The highest BCUT2D eigenvalue weighted by Gasteiger charge is 2.30. The molecule has 150 valence electrons.